The van der Waals surface area contributed by atoms with Crippen molar-refractivity contribution in [2.45, 2.75) is 0 Å². The fourth-order valence-corrected chi connectivity index (χ4v) is 3.21. The number of imidazole rings is 1. The minimum absolute atomic E-state index is 0.145. The van der Waals surface area contributed by atoms with Gasteiger partial charge in [-0.25, -0.2) is 4.98 Å². The molecule has 0 aliphatic heterocycles. The Kier molecular flexibility index (Phi) is 3.76. The number of halogens is 1. The average molecular weight is 355 g/mol. The molecule has 0 saturated carbocycles. The van der Waals surface area contributed by atoms with Crippen molar-refractivity contribution >= 4 is 40.1 Å². The quantitative estimate of drug-likeness (QED) is 0.470. The van der Waals surface area contributed by atoms with Gasteiger partial charge in [-0.1, -0.05) is 23.7 Å². The van der Waals surface area contributed by atoms with Gasteiger partial charge in [0.15, 0.2) is 5.82 Å². The molecule has 0 amide bonds. The average Bonchev–Trinajstić information content (AvgIpc) is 3.20. The Morgan fingerprint density at radius 2 is 2.00 bits per heavy atom. The van der Waals surface area contributed by atoms with E-state index in [2.05, 4.69) is 15.2 Å². The zero-order chi connectivity index (χ0) is 16.5. The number of azo groups is 1. The molecule has 3 aromatic heterocycles. The number of rotatable bonds is 3. The Balaban J connectivity index is 1.88. The van der Waals surface area contributed by atoms with E-state index in [0.29, 0.717) is 16.5 Å². The molecular weight excluding hydrogens is 344 g/mol. The number of phenolic OH excluding ortho intramolecular Hbond substituents is 1. The van der Waals surface area contributed by atoms with Crippen LogP contribution in [0.2, 0.25) is 5.02 Å². The fraction of sp³-hybridized carbons (Fsp3) is 0. The number of benzene rings is 1. The van der Waals surface area contributed by atoms with Crippen molar-refractivity contribution < 1.29 is 5.11 Å². The second-order valence-electron chi connectivity index (χ2n) is 5.06. The van der Waals surface area contributed by atoms with Crippen molar-refractivity contribution in [3.05, 3.63) is 65.1 Å². The van der Waals surface area contributed by atoms with Gasteiger partial charge in [0.05, 0.1) is 15.6 Å². The van der Waals surface area contributed by atoms with Crippen molar-refractivity contribution in [3.63, 3.8) is 0 Å². The van der Waals surface area contributed by atoms with E-state index in [4.69, 9.17) is 11.6 Å². The molecule has 0 saturated heterocycles. The van der Waals surface area contributed by atoms with E-state index in [0.717, 1.165) is 16.2 Å². The molecule has 0 aliphatic rings. The zero-order valence-corrected chi connectivity index (χ0v) is 13.9. The third-order valence-corrected chi connectivity index (χ3v) is 4.50. The lowest BCUT2D eigenvalue weighted by molar-refractivity contribution is 0.475. The molecule has 4 rings (SSSR count). The SMILES string of the molecule is Oc1cccc(N=Nc2c(-c3cccs3)nc3ccc(Cl)cn23)c1. The smallest absolute Gasteiger partial charge is 0.188 e. The van der Waals surface area contributed by atoms with E-state index in [1.807, 2.05) is 28.0 Å². The van der Waals surface area contributed by atoms with Crippen LogP contribution in [0.25, 0.3) is 16.2 Å². The minimum Gasteiger partial charge on any atom is -0.508 e. The standard InChI is InChI=1S/C17H11ClN4OS/c18-11-6-7-15-19-16(14-5-2-8-24-14)17(22(15)10-11)21-20-12-3-1-4-13(23)9-12/h1-10,23H. The summed E-state index contributed by atoms with van der Waals surface area (Å²) in [6, 6.07) is 14.2. The van der Waals surface area contributed by atoms with Gasteiger partial charge in [0.25, 0.3) is 0 Å². The number of nitrogens with zero attached hydrogens (tertiary/aromatic N) is 4. The Morgan fingerprint density at radius 1 is 1.08 bits per heavy atom. The van der Waals surface area contributed by atoms with Gasteiger partial charge in [-0.15, -0.1) is 21.6 Å². The van der Waals surface area contributed by atoms with Gasteiger partial charge in [-0.3, -0.25) is 4.40 Å². The topological polar surface area (TPSA) is 62.2 Å². The molecule has 0 fully saturated rings. The van der Waals surface area contributed by atoms with Gasteiger partial charge in [-0.05, 0) is 35.7 Å². The third-order valence-electron chi connectivity index (χ3n) is 3.40. The van der Waals surface area contributed by atoms with Crippen LogP contribution in [0, 0.1) is 0 Å². The van der Waals surface area contributed by atoms with E-state index < -0.39 is 0 Å². The van der Waals surface area contributed by atoms with Crippen molar-refractivity contribution in [1.82, 2.24) is 9.38 Å². The molecule has 24 heavy (non-hydrogen) atoms. The molecule has 3 heterocycles. The van der Waals surface area contributed by atoms with Crippen LogP contribution in [0.3, 0.4) is 0 Å². The van der Waals surface area contributed by atoms with E-state index in [-0.39, 0.29) is 5.75 Å². The molecule has 1 aromatic carbocycles. The molecule has 0 atom stereocenters. The summed E-state index contributed by atoms with van der Waals surface area (Å²) in [6.07, 6.45) is 1.76. The molecule has 1 N–H and O–H groups in total. The lowest BCUT2D eigenvalue weighted by Gasteiger charge is -1.98. The zero-order valence-electron chi connectivity index (χ0n) is 12.3. The number of pyridine rings is 1. The molecule has 7 heteroatoms. The maximum absolute atomic E-state index is 9.55. The summed E-state index contributed by atoms with van der Waals surface area (Å²) in [5.41, 5.74) is 2.05. The van der Waals surface area contributed by atoms with Gasteiger partial charge in [0.2, 0.25) is 0 Å². The summed E-state index contributed by atoms with van der Waals surface area (Å²) in [4.78, 5) is 5.64. The highest BCUT2D eigenvalue weighted by Gasteiger charge is 2.15. The number of aromatic nitrogens is 2. The molecule has 4 aromatic rings. The molecule has 118 valence electrons. The van der Waals surface area contributed by atoms with E-state index in [1.165, 1.54) is 0 Å². The Hall–Kier alpha value is -2.70. The van der Waals surface area contributed by atoms with Crippen LogP contribution >= 0.6 is 22.9 Å². The highest BCUT2D eigenvalue weighted by Crippen LogP contribution is 2.35. The lowest BCUT2D eigenvalue weighted by Crippen LogP contribution is -1.82. The molecule has 5 nitrogen and oxygen atoms in total. The highest BCUT2D eigenvalue weighted by atomic mass is 35.5. The normalized spacial score (nSPS) is 11.5. The summed E-state index contributed by atoms with van der Waals surface area (Å²) in [5, 5.41) is 20.7. The van der Waals surface area contributed by atoms with Crippen molar-refractivity contribution in [3.8, 4) is 16.3 Å². The van der Waals surface area contributed by atoms with Gasteiger partial charge in [0, 0.05) is 12.3 Å². The predicted molar refractivity (Wildman–Crippen MR) is 95.8 cm³/mol. The number of phenols is 1. The number of aromatic hydroxyl groups is 1. The van der Waals surface area contributed by atoms with Crippen LogP contribution in [0.4, 0.5) is 11.5 Å². The van der Waals surface area contributed by atoms with Crippen molar-refractivity contribution in [2.75, 3.05) is 0 Å². The summed E-state index contributed by atoms with van der Waals surface area (Å²) in [7, 11) is 0. The van der Waals surface area contributed by atoms with Crippen LogP contribution in [0.15, 0.2) is 70.3 Å². The Labute approximate surface area is 146 Å². The van der Waals surface area contributed by atoms with Crippen LogP contribution in [-0.2, 0) is 0 Å². The van der Waals surface area contributed by atoms with Crippen LogP contribution < -0.4 is 0 Å². The van der Waals surface area contributed by atoms with Gasteiger partial charge in [0.1, 0.15) is 17.1 Å². The minimum atomic E-state index is 0.145. The van der Waals surface area contributed by atoms with Gasteiger partial charge >= 0.3 is 0 Å². The molecule has 0 unspecified atom stereocenters. The van der Waals surface area contributed by atoms with Crippen molar-refractivity contribution in [1.29, 1.82) is 0 Å². The van der Waals surface area contributed by atoms with Gasteiger partial charge < -0.3 is 5.11 Å². The molecular formula is C17H11ClN4OS. The molecule has 0 bridgehead atoms. The molecule has 0 aliphatic carbocycles. The number of hydrogen-bond donors (Lipinski definition) is 1. The lowest BCUT2D eigenvalue weighted by atomic mass is 10.3. The number of fused-ring (bicyclic) bond motifs is 1. The largest absolute Gasteiger partial charge is 0.508 e. The first-order valence-electron chi connectivity index (χ1n) is 7.13. The number of thiophene rings is 1. The summed E-state index contributed by atoms with van der Waals surface area (Å²) in [5.74, 6) is 0.740. The Bertz CT molecular complexity index is 1040. The van der Waals surface area contributed by atoms with Crippen LogP contribution in [-0.4, -0.2) is 14.5 Å². The number of hydrogen-bond acceptors (Lipinski definition) is 5. The predicted octanol–water partition coefficient (Wildman–Crippen LogP) is 5.84. The Morgan fingerprint density at radius 3 is 2.79 bits per heavy atom. The second-order valence-corrected chi connectivity index (χ2v) is 6.44. The first-order valence-corrected chi connectivity index (χ1v) is 8.39. The summed E-state index contributed by atoms with van der Waals surface area (Å²) >= 11 is 7.69. The maximum atomic E-state index is 9.55. The third kappa shape index (κ3) is 2.77. The second kappa shape index (κ2) is 6.07. The fourth-order valence-electron chi connectivity index (χ4n) is 2.34. The monoisotopic (exact) mass is 354 g/mol. The van der Waals surface area contributed by atoms with E-state index >= 15 is 0 Å². The van der Waals surface area contributed by atoms with E-state index in [1.54, 1.807) is 47.9 Å². The van der Waals surface area contributed by atoms with Gasteiger partial charge in [-0.2, -0.15) is 0 Å². The maximum Gasteiger partial charge on any atom is 0.188 e. The van der Waals surface area contributed by atoms with Crippen LogP contribution in [0.5, 0.6) is 5.75 Å². The molecule has 0 spiro atoms. The summed E-state index contributed by atoms with van der Waals surface area (Å²) in [6.45, 7) is 0. The van der Waals surface area contributed by atoms with E-state index in [9.17, 15) is 5.11 Å². The first kappa shape index (κ1) is 14.9. The molecule has 0 radical (unpaired) electrons. The summed E-state index contributed by atoms with van der Waals surface area (Å²) < 4.78 is 1.81. The first-order chi connectivity index (χ1) is 11.7. The van der Waals surface area contributed by atoms with Crippen LogP contribution in [0.1, 0.15) is 0 Å². The highest BCUT2D eigenvalue weighted by molar-refractivity contribution is 7.13. The van der Waals surface area contributed by atoms with Crippen molar-refractivity contribution in [2.24, 2.45) is 10.2 Å².